The average Bonchev–Trinajstić information content (AvgIpc) is 2.39. The van der Waals surface area contributed by atoms with Crippen molar-refractivity contribution < 1.29 is 0 Å². The Kier molecular flexibility index (Phi) is 4.43. The van der Waals surface area contributed by atoms with E-state index in [4.69, 9.17) is 11.6 Å². The summed E-state index contributed by atoms with van der Waals surface area (Å²) in [7, 11) is 0. The van der Waals surface area contributed by atoms with Crippen molar-refractivity contribution in [3.05, 3.63) is 59.1 Å². The second-order valence-electron chi connectivity index (χ2n) is 4.92. The molecule has 1 atom stereocenters. The van der Waals surface area contributed by atoms with Gasteiger partial charge in [0.05, 0.1) is 0 Å². The highest BCUT2D eigenvalue weighted by Gasteiger charge is 2.02. The Labute approximate surface area is 115 Å². The largest absolute Gasteiger partial charge is 0.0843 e. The first-order valence-corrected chi connectivity index (χ1v) is 6.91. The van der Waals surface area contributed by atoms with Crippen LogP contribution in [0.25, 0.3) is 11.1 Å². The fraction of sp³-hybridized carbons (Fsp3) is 0.294. The molecule has 0 heterocycles. The summed E-state index contributed by atoms with van der Waals surface area (Å²) in [5.41, 5.74) is 3.82. The first kappa shape index (κ1) is 13.2. The van der Waals surface area contributed by atoms with Crippen LogP contribution in [0, 0.1) is 5.92 Å². The predicted octanol–water partition coefficient (Wildman–Crippen LogP) is 5.60. The zero-order valence-corrected chi connectivity index (χ0v) is 11.7. The van der Waals surface area contributed by atoms with Gasteiger partial charge < -0.3 is 0 Å². The quantitative estimate of drug-likeness (QED) is 0.670. The minimum absolute atomic E-state index is 0.752. The van der Waals surface area contributed by atoms with Crippen molar-refractivity contribution in [3.63, 3.8) is 0 Å². The standard InChI is InChI=1S/C17H19Cl/c1-3-13(2)11-14-7-9-15(10-8-14)16-5-4-6-17(18)12-16/h4-10,12-13H,3,11H2,1-2H3. The molecule has 1 unspecified atom stereocenters. The first-order valence-electron chi connectivity index (χ1n) is 6.54. The van der Waals surface area contributed by atoms with Crippen LogP contribution in [0.4, 0.5) is 0 Å². The molecule has 0 aliphatic heterocycles. The van der Waals surface area contributed by atoms with Crippen molar-refractivity contribution in [3.8, 4) is 11.1 Å². The van der Waals surface area contributed by atoms with Crippen LogP contribution in [0.1, 0.15) is 25.8 Å². The number of benzene rings is 2. The summed E-state index contributed by atoms with van der Waals surface area (Å²) in [4.78, 5) is 0. The van der Waals surface area contributed by atoms with Gasteiger partial charge in [0.25, 0.3) is 0 Å². The smallest absolute Gasteiger partial charge is 0.0412 e. The fourth-order valence-electron chi connectivity index (χ4n) is 2.05. The van der Waals surface area contributed by atoms with Crippen molar-refractivity contribution in [1.82, 2.24) is 0 Å². The maximum atomic E-state index is 6.01. The van der Waals surface area contributed by atoms with Crippen molar-refractivity contribution in [1.29, 1.82) is 0 Å². The monoisotopic (exact) mass is 258 g/mol. The van der Waals surface area contributed by atoms with Crippen molar-refractivity contribution in [2.75, 3.05) is 0 Å². The molecule has 0 N–H and O–H groups in total. The fourth-order valence-corrected chi connectivity index (χ4v) is 2.24. The molecule has 1 heteroatoms. The van der Waals surface area contributed by atoms with E-state index in [9.17, 15) is 0 Å². The normalized spacial score (nSPS) is 12.4. The molecule has 0 nitrogen and oxygen atoms in total. The van der Waals surface area contributed by atoms with Crippen LogP contribution >= 0.6 is 11.6 Å². The average molecular weight is 259 g/mol. The molecule has 18 heavy (non-hydrogen) atoms. The Morgan fingerprint density at radius 1 is 1.00 bits per heavy atom. The number of hydrogen-bond donors (Lipinski definition) is 0. The molecule has 0 saturated carbocycles. The summed E-state index contributed by atoms with van der Waals surface area (Å²) >= 11 is 6.01. The molecule has 0 aliphatic carbocycles. The van der Waals surface area contributed by atoms with Gasteiger partial charge in [0.15, 0.2) is 0 Å². The SMILES string of the molecule is CCC(C)Cc1ccc(-c2cccc(Cl)c2)cc1. The Bertz CT molecular complexity index is 499. The molecular weight excluding hydrogens is 240 g/mol. The third-order valence-electron chi connectivity index (χ3n) is 3.39. The lowest BCUT2D eigenvalue weighted by Gasteiger charge is -2.09. The molecule has 0 aromatic heterocycles. The predicted molar refractivity (Wildman–Crippen MR) is 80.0 cm³/mol. The topological polar surface area (TPSA) is 0 Å². The van der Waals surface area contributed by atoms with Crippen LogP contribution in [-0.2, 0) is 6.42 Å². The number of hydrogen-bond acceptors (Lipinski definition) is 0. The molecule has 2 aromatic carbocycles. The van der Waals surface area contributed by atoms with Gasteiger partial charge in [-0.2, -0.15) is 0 Å². The van der Waals surface area contributed by atoms with Crippen LogP contribution in [0.5, 0.6) is 0 Å². The van der Waals surface area contributed by atoms with E-state index in [1.807, 2.05) is 18.2 Å². The number of rotatable bonds is 4. The lowest BCUT2D eigenvalue weighted by molar-refractivity contribution is 0.560. The zero-order chi connectivity index (χ0) is 13.0. The summed E-state index contributed by atoms with van der Waals surface area (Å²) in [5.74, 6) is 0.752. The van der Waals surface area contributed by atoms with Gasteiger partial charge in [-0.3, -0.25) is 0 Å². The van der Waals surface area contributed by atoms with E-state index in [0.717, 1.165) is 17.4 Å². The van der Waals surface area contributed by atoms with E-state index in [0.29, 0.717) is 0 Å². The second kappa shape index (κ2) is 6.06. The summed E-state index contributed by atoms with van der Waals surface area (Å²) < 4.78 is 0. The van der Waals surface area contributed by atoms with E-state index in [1.165, 1.54) is 23.1 Å². The molecule has 0 spiro atoms. The third-order valence-corrected chi connectivity index (χ3v) is 3.63. The molecular formula is C17H19Cl. The molecule has 0 amide bonds. The summed E-state index contributed by atoms with van der Waals surface area (Å²) in [6.07, 6.45) is 2.39. The van der Waals surface area contributed by atoms with Gasteiger partial charge >= 0.3 is 0 Å². The summed E-state index contributed by atoms with van der Waals surface area (Å²) in [6, 6.07) is 16.8. The van der Waals surface area contributed by atoms with Crippen molar-refractivity contribution in [2.45, 2.75) is 26.7 Å². The second-order valence-corrected chi connectivity index (χ2v) is 5.36. The molecule has 2 aromatic rings. The highest BCUT2D eigenvalue weighted by molar-refractivity contribution is 6.30. The molecule has 0 saturated heterocycles. The van der Waals surface area contributed by atoms with Crippen molar-refractivity contribution in [2.24, 2.45) is 5.92 Å². The minimum atomic E-state index is 0.752. The molecule has 0 fully saturated rings. The van der Waals surface area contributed by atoms with Crippen LogP contribution in [-0.4, -0.2) is 0 Å². The highest BCUT2D eigenvalue weighted by Crippen LogP contribution is 2.23. The highest BCUT2D eigenvalue weighted by atomic mass is 35.5. The van der Waals surface area contributed by atoms with E-state index >= 15 is 0 Å². The zero-order valence-electron chi connectivity index (χ0n) is 11.0. The Morgan fingerprint density at radius 3 is 2.33 bits per heavy atom. The van der Waals surface area contributed by atoms with E-state index < -0.39 is 0 Å². The third kappa shape index (κ3) is 3.36. The lowest BCUT2D eigenvalue weighted by atomic mass is 9.97. The Balaban J connectivity index is 2.17. The van der Waals surface area contributed by atoms with Crippen LogP contribution in [0.2, 0.25) is 5.02 Å². The Morgan fingerprint density at radius 2 is 1.72 bits per heavy atom. The molecule has 94 valence electrons. The summed E-state index contributed by atoms with van der Waals surface area (Å²) in [6.45, 7) is 4.54. The van der Waals surface area contributed by atoms with Gasteiger partial charge in [-0.1, -0.05) is 68.3 Å². The van der Waals surface area contributed by atoms with Crippen molar-refractivity contribution >= 4 is 11.6 Å². The van der Waals surface area contributed by atoms with Gasteiger partial charge in [0.2, 0.25) is 0 Å². The van der Waals surface area contributed by atoms with Crippen LogP contribution in [0.15, 0.2) is 48.5 Å². The summed E-state index contributed by atoms with van der Waals surface area (Å²) in [5, 5.41) is 0.788. The van der Waals surface area contributed by atoms with Gasteiger partial charge in [0, 0.05) is 5.02 Å². The van der Waals surface area contributed by atoms with E-state index in [-0.39, 0.29) is 0 Å². The molecule has 0 bridgehead atoms. The lowest BCUT2D eigenvalue weighted by Crippen LogP contribution is -1.97. The molecule has 2 rings (SSSR count). The van der Waals surface area contributed by atoms with Crippen LogP contribution < -0.4 is 0 Å². The maximum absolute atomic E-state index is 6.01. The molecule has 0 aliphatic rings. The van der Waals surface area contributed by atoms with Crippen LogP contribution in [0.3, 0.4) is 0 Å². The van der Waals surface area contributed by atoms with E-state index in [2.05, 4.69) is 44.2 Å². The van der Waals surface area contributed by atoms with Gasteiger partial charge in [-0.25, -0.2) is 0 Å². The van der Waals surface area contributed by atoms with Gasteiger partial charge in [0.1, 0.15) is 0 Å². The first-order chi connectivity index (χ1) is 8.69. The Hall–Kier alpha value is -1.27. The minimum Gasteiger partial charge on any atom is -0.0843 e. The maximum Gasteiger partial charge on any atom is 0.0412 e. The van der Waals surface area contributed by atoms with Gasteiger partial charge in [-0.05, 0) is 41.2 Å². The van der Waals surface area contributed by atoms with E-state index in [1.54, 1.807) is 0 Å². The molecule has 0 radical (unpaired) electrons. The number of halogens is 1. The van der Waals surface area contributed by atoms with Gasteiger partial charge in [-0.15, -0.1) is 0 Å².